The predicted octanol–water partition coefficient (Wildman–Crippen LogP) is 2.67. The number of ether oxygens (including phenoxy) is 1. The van der Waals surface area contributed by atoms with Gasteiger partial charge in [0.25, 0.3) is 0 Å². The summed E-state index contributed by atoms with van der Waals surface area (Å²) in [6.07, 6.45) is 1.70. The average Bonchev–Trinajstić information content (AvgIpc) is 2.77. The van der Waals surface area contributed by atoms with Crippen LogP contribution in [0.5, 0.6) is 5.75 Å². The van der Waals surface area contributed by atoms with Crippen LogP contribution in [0.4, 0.5) is 0 Å². The fraction of sp³-hybridized carbons (Fsp3) is 0.308. The minimum Gasteiger partial charge on any atom is -0.496 e. The fourth-order valence-corrected chi connectivity index (χ4v) is 2.01. The van der Waals surface area contributed by atoms with Crippen LogP contribution in [0.1, 0.15) is 17.0 Å². The lowest BCUT2D eigenvalue weighted by molar-refractivity contribution is 0.407. The molecule has 0 aliphatic carbocycles. The van der Waals surface area contributed by atoms with Crippen molar-refractivity contribution in [3.05, 3.63) is 46.5 Å². The molecule has 1 aromatic carbocycles. The maximum absolute atomic E-state index is 6.16. The SMILES string of the molecule is COc1cccc(Cl)c1CNCc1nc[nH]c1C. The Morgan fingerprint density at radius 3 is 2.89 bits per heavy atom. The number of hydrogen-bond acceptors (Lipinski definition) is 3. The third kappa shape index (κ3) is 2.83. The smallest absolute Gasteiger partial charge is 0.124 e. The molecule has 18 heavy (non-hydrogen) atoms. The van der Waals surface area contributed by atoms with Gasteiger partial charge in [-0.2, -0.15) is 0 Å². The molecule has 0 spiro atoms. The highest BCUT2D eigenvalue weighted by Gasteiger charge is 2.07. The number of benzene rings is 1. The molecular weight excluding hydrogens is 250 g/mol. The summed E-state index contributed by atoms with van der Waals surface area (Å²) in [5, 5.41) is 4.02. The Kier molecular flexibility index (Phi) is 4.23. The summed E-state index contributed by atoms with van der Waals surface area (Å²) >= 11 is 6.16. The van der Waals surface area contributed by atoms with Gasteiger partial charge in [-0.3, -0.25) is 0 Å². The molecular formula is C13H16ClN3O. The van der Waals surface area contributed by atoms with E-state index < -0.39 is 0 Å². The molecule has 0 aliphatic rings. The van der Waals surface area contributed by atoms with Crippen molar-refractivity contribution < 1.29 is 4.74 Å². The van der Waals surface area contributed by atoms with Gasteiger partial charge in [0, 0.05) is 29.4 Å². The first kappa shape index (κ1) is 12.9. The zero-order chi connectivity index (χ0) is 13.0. The van der Waals surface area contributed by atoms with Gasteiger partial charge in [-0.25, -0.2) is 4.98 Å². The molecule has 96 valence electrons. The molecule has 0 fully saturated rings. The van der Waals surface area contributed by atoms with Crippen molar-refractivity contribution in [2.45, 2.75) is 20.0 Å². The second kappa shape index (κ2) is 5.89. The van der Waals surface area contributed by atoms with Crippen LogP contribution >= 0.6 is 11.6 Å². The largest absolute Gasteiger partial charge is 0.496 e. The van der Waals surface area contributed by atoms with E-state index in [1.165, 1.54) is 0 Å². The fourth-order valence-electron chi connectivity index (χ4n) is 1.77. The molecule has 0 saturated heterocycles. The minimum absolute atomic E-state index is 0.648. The van der Waals surface area contributed by atoms with Gasteiger partial charge in [-0.15, -0.1) is 0 Å². The monoisotopic (exact) mass is 265 g/mol. The number of hydrogen-bond donors (Lipinski definition) is 2. The average molecular weight is 266 g/mol. The standard InChI is InChI=1S/C13H16ClN3O/c1-9-12(17-8-16-9)7-15-6-10-11(14)4-3-5-13(10)18-2/h3-5,8,15H,6-7H2,1-2H3,(H,16,17). The van der Waals surface area contributed by atoms with E-state index >= 15 is 0 Å². The number of halogens is 1. The number of H-pyrrole nitrogens is 1. The van der Waals surface area contributed by atoms with Crippen LogP contribution < -0.4 is 10.1 Å². The maximum Gasteiger partial charge on any atom is 0.124 e. The van der Waals surface area contributed by atoms with Crippen molar-refractivity contribution in [2.24, 2.45) is 0 Å². The number of aromatic nitrogens is 2. The maximum atomic E-state index is 6.16. The topological polar surface area (TPSA) is 49.9 Å². The van der Waals surface area contributed by atoms with E-state index in [9.17, 15) is 0 Å². The molecule has 0 radical (unpaired) electrons. The molecule has 2 rings (SSSR count). The van der Waals surface area contributed by atoms with Crippen LogP contribution in [0.3, 0.4) is 0 Å². The van der Waals surface area contributed by atoms with Crippen molar-refractivity contribution in [1.82, 2.24) is 15.3 Å². The first-order valence-corrected chi connectivity index (χ1v) is 6.11. The molecule has 0 bridgehead atoms. The number of aryl methyl sites for hydroxylation is 1. The summed E-state index contributed by atoms with van der Waals surface area (Å²) in [6.45, 7) is 3.35. The zero-order valence-electron chi connectivity index (χ0n) is 10.5. The summed E-state index contributed by atoms with van der Waals surface area (Å²) in [6, 6.07) is 5.64. The van der Waals surface area contributed by atoms with E-state index in [1.807, 2.05) is 25.1 Å². The molecule has 1 aromatic heterocycles. The van der Waals surface area contributed by atoms with Crippen molar-refractivity contribution in [2.75, 3.05) is 7.11 Å². The highest BCUT2D eigenvalue weighted by atomic mass is 35.5. The molecule has 5 heteroatoms. The van der Waals surface area contributed by atoms with Gasteiger partial charge < -0.3 is 15.0 Å². The summed E-state index contributed by atoms with van der Waals surface area (Å²) in [7, 11) is 1.65. The number of imidazole rings is 1. The van der Waals surface area contributed by atoms with Crippen molar-refractivity contribution in [3.63, 3.8) is 0 Å². The second-order valence-corrected chi connectivity index (χ2v) is 4.41. The van der Waals surface area contributed by atoms with E-state index in [0.29, 0.717) is 18.1 Å². The number of aromatic amines is 1. The van der Waals surface area contributed by atoms with E-state index in [1.54, 1.807) is 13.4 Å². The summed E-state index contributed by atoms with van der Waals surface area (Å²) in [4.78, 5) is 7.28. The van der Waals surface area contributed by atoms with Crippen LogP contribution in [0.25, 0.3) is 0 Å². The second-order valence-electron chi connectivity index (χ2n) is 4.00. The predicted molar refractivity (Wildman–Crippen MR) is 71.9 cm³/mol. The molecule has 0 aliphatic heterocycles. The molecule has 0 saturated carbocycles. The van der Waals surface area contributed by atoms with Gasteiger partial charge in [-0.1, -0.05) is 17.7 Å². The van der Waals surface area contributed by atoms with Crippen molar-refractivity contribution in [1.29, 1.82) is 0 Å². The molecule has 2 N–H and O–H groups in total. The molecule has 0 unspecified atom stereocenters. The first-order chi connectivity index (χ1) is 8.72. The van der Waals surface area contributed by atoms with Gasteiger partial charge in [0.1, 0.15) is 5.75 Å². The van der Waals surface area contributed by atoms with Crippen molar-refractivity contribution in [3.8, 4) is 5.75 Å². The molecule has 0 amide bonds. The van der Waals surface area contributed by atoms with Crippen molar-refractivity contribution >= 4 is 11.6 Å². The quantitative estimate of drug-likeness (QED) is 0.874. The van der Waals surface area contributed by atoms with Crippen LogP contribution in [-0.4, -0.2) is 17.1 Å². The Bertz CT molecular complexity index is 525. The summed E-state index contributed by atoms with van der Waals surface area (Å²) in [5.74, 6) is 0.800. The highest BCUT2D eigenvalue weighted by Crippen LogP contribution is 2.25. The summed E-state index contributed by atoms with van der Waals surface area (Å²) in [5.41, 5.74) is 3.06. The Balaban J connectivity index is 2.00. The van der Waals surface area contributed by atoms with Gasteiger partial charge in [-0.05, 0) is 19.1 Å². The van der Waals surface area contributed by atoms with Gasteiger partial charge in [0.05, 0.1) is 19.1 Å². The van der Waals surface area contributed by atoms with Crippen LogP contribution in [0, 0.1) is 6.92 Å². The van der Waals surface area contributed by atoms with Crippen LogP contribution in [-0.2, 0) is 13.1 Å². The molecule has 2 aromatic rings. The zero-order valence-corrected chi connectivity index (χ0v) is 11.2. The number of methoxy groups -OCH3 is 1. The normalized spacial score (nSPS) is 10.6. The van der Waals surface area contributed by atoms with Gasteiger partial charge in [0.2, 0.25) is 0 Å². The van der Waals surface area contributed by atoms with Crippen LogP contribution in [0.2, 0.25) is 5.02 Å². The van der Waals surface area contributed by atoms with Crippen LogP contribution in [0.15, 0.2) is 24.5 Å². The Morgan fingerprint density at radius 1 is 1.39 bits per heavy atom. The Labute approximate surface area is 111 Å². The van der Waals surface area contributed by atoms with E-state index in [4.69, 9.17) is 16.3 Å². The van der Waals surface area contributed by atoms with E-state index in [0.717, 1.165) is 22.7 Å². The van der Waals surface area contributed by atoms with E-state index in [2.05, 4.69) is 15.3 Å². The molecule has 1 heterocycles. The van der Waals surface area contributed by atoms with Gasteiger partial charge in [0.15, 0.2) is 0 Å². The highest BCUT2D eigenvalue weighted by molar-refractivity contribution is 6.31. The first-order valence-electron chi connectivity index (χ1n) is 5.73. The molecule has 4 nitrogen and oxygen atoms in total. The number of rotatable bonds is 5. The number of nitrogens with one attached hydrogen (secondary N) is 2. The Hall–Kier alpha value is -1.52. The lowest BCUT2D eigenvalue weighted by Crippen LogP contribution is -2.14. The third-order valence-corrected chi connectivity index (χ3v) is 3.18. The van der Waals surface area contributed by atoms with E-state index in [-0.39, 0.29) is 0 Å². The lowest BCUT2D eigenvalue weighted by atomic mass is 10.2. The third-order valence-electron chi connectivity index (χ3n) is 2.82. The summed E-state index contributed by atoms with van der Waals surface area (Å²) < 4.78 is 5.29. The lowest BCUT2D eigenvalue weighted by Gasteiger charge is -2.11. The molecule has 0 atom stereocenters. The Morgan fingerprint density at radius 2 is 2.22 bits per heavy atom. The van der Waals surface area contributed by atoms with Gasteiger partial charge >= 0.3 is 0 Å². The minimum atomic E-state index is 0.648. The number of nitrogens with zero attached hydrogens (tertiary/aromatic N) is 1.